The van der Waals surface area contributed by atoms with Crippen molar-refractivity contribution >= 4 is 21.6 Å². The minimum atomic E-state index is -0.0270. The van der Waals surface area contributed by atoms with E-state index in [0.717, 1.165) is 20.7 Å². The molecule has 0 aromatic carbocycles. The molecule has 0 saturated carbocycles. The van der Waals surface area contributed by atoms with Crippen molar-refractivity contribution in [3.8, 4) is 0 Å². The summed E-state index contributed by atoms with van der Waals surface area (Å²) in [6.45, 7) is 11.1. The minimum Gasteiger partial charge on any atom is -0.309 e. The normalized spacial score (nSPS) is 13.4. The van der Waals surface area contributed by atoms with E-state index in [1.165, 1.54) is 0 Å². The highest BCUT2D eigenvalue weighted by molar-refractivity contribution is 7.18. The Morgan fingerprint density at radius 1 is 1.32 bits per heavy atom. The maximum absolute atomic E-state index is 12.1. The number of hydrogen-bond donors (Lipinski definition) is 2. The number of nitrogens with one attached hydrogen (secondary N) is 2. The Morgan fingerprint density at radius 2 is 2.00 bits per heavy atom. The molecule has 0 saturated heterocycles. The fourth-order valence-corrected chi connectivity index (χ4v) is 2.93. The summed E-state index contributed by atoms with van der Waals surface area (Å²) in [5, 5.41) is 4.12. The van der Waals surface area contributed by atoms with Crippen LogP contribution in [-0.4, -0.2) is 16.0 Å². The molecule has 0 amide bonds. The first-order chi connectivity index (χ1) is 8.90. The van der Waals surface area contributed by atoms with Crippen molar-refractivity contribution in [1.29, 1.82) is 0 Å². The number of aryl methyl sites for hydroxylation is 2. The molecular weight excluding hydrogens is 258 g/mol. The topological polar surface area (TPSA) is 57.8 Å². The molecule has 0 aliphatic heterocycles. The Labute approximate surface area is 117 Å². The molecule has 0 aliphatic rings. The fourth-order valence-electron chi connectivity index (χ4n) is 1.88. The minimum absolute atomic E-state index is 0.0270. The Bertz CT molecular complexity index is 642. The molecule has 0 spiro atoms. The van der Waals surface area contributed by atoms with Gasteiger partial charge in [0.05, 0.1) is 11.9 Å². The first-order valence-corrected chi connectivity index (χ1v) is 7.44. The number of thiophene rings is 1. The van der Waals surface area contributed by atoms with Crippen molar-refractivity contribution in [2.75, 3.05) is 0 Å². The molecule has 1 atom stereocenters. The zero-order valence-corrected chi connectivity index (χ0v) is 12.9. The van der Waals surface area contributed by atoms with E-state index >= 15 is 0 Å². The fraction of sp³-hybridized carbons (Fsp3) is 0.571. The third-order valence-electron chi connectivity index (χ3n) is 3.68. The summed E-state index contributed by atoms with van der Waals surface area (Å²) in [5.74, 6) is 1.27. The van der Waals surface area contributed by atoms with E-state index < -0.39 is 0 Å². The molecule has 0 radical (unpaired) electrons. The molecular formula is C14H21N3OS. The monoisotopic (exact) mass is 279 g/mol. The van der Waals surface area contributed by atoms with E-state index in [9.17, 15) is 4.79 Å². The van der Waals surface area contributed by atoms with Crippen molar-refractivity contribution in [3.63, 3.8) is 0 Å². The summed E-state index contributed by atoms with van der Waals surface area (Å²) in [6.07, 6.45) is 0. The summed E-state index contributed by atoms with van der Waals surface area (Å²) < 4.78 is 0. The van der Waals surface area contributed by atoms with Gasteiger partial charge < -0.3 is 10.3 Å². The van der Waals surface area contributed by atoms with E-state index in [2.05, 4.69) is 36.1 Å². The van der Waals surface area contributed by atoms with Gasteiger partial charge in [0.25, 0.3) is 5.56 Å². The van der Waals surface area contributed by atoms with Gasteiger partial charge in [-0.15, -0.1) is 11.3 Å². The molecule has 4 nitrogen and oxygen atoms in total. The molecule has 2 heterocycles. The first-order valence-electron chi connectivity index (χ1n) is 6.62. The van der Waals surface area contributed by atoms with Gasteiger partial charge in [0, 0.05) is 10.9 Å². The van der Waals surface area contributed by atoms with Gasteiger partial charge in [-0.25, -0.2) is 4.98 Å². The van der Waals surface area contributed by atoms with Gasteiger partial charge in [-0.3, -0.25) is 4.79 Å². The highest BCUT2D eigenvalue weighted by atomic mass is 32.1. The Hall–Kier alpha value is -1.20. The lowest BCUT2D eigenvalue weighted by Gasteiger charge is -2.16. The van der Waals surface area contributed by atoms with E-state index in [-0.39, 0.29) is 5.56 Å². The standard InChI is InChI=1S/C14H21N3OS/c1-7(2)9(4)15-6-11-16-13(18)12-8(3)10(5)19-14(12)17-11/h7,9,15H,6H2,1-5H3,(H,16,17,18). The SMILES string of the molecule is Cc1sc2nc(CNC(C)C(C)C)[nH]c(=O)c2c1C. The zero-order chi connectivity index (χ0) is 14.2. The predicted molar refractivity (Wildman–Crippen MR) is 80.9 cm³/mol. The lowest BCUT2D eigenvalue weighted by atomic mass is 10.1. The molecule has 2 aromatic heterocycles. The van der Waals surface area contributed by atoms with Gasteiger partial charge in [0.2, 0.25) is 0 Å². The molecule has 5 heteroatoms. The maximum atomic E-state index is 12.1. The predicted octanol–water partition coefficient (Wildman–Crippen LogP) is 2.74. The van der Waals surface area contributed by atoms with Crippen molar-refractivity contribution in [2.24, 2.45) is 5.92 Å². The molecule has 2 rings (SSSR count). The van der Waals surface area contributed by atoms with E-state index in [4.69, 9.17) is 0 Å². The third-order valence-corrected chi connectivity index (χ3v) is 4.78. The molecule has 104 valence electrons. The lowest BCUT2D eigenvalue weighted by Crippen LogP contribution is -2.31. The van der Waals surface area contributed by atoms with E-state index in [0.29, 0.717) is 24.3 Å². The molecule has 0 bridgehead atoms. The second-order valence-electron chi connectivity index (χ2n) is 5.39. The summed E-state index contributed by atoms with van der Waals surface area (Å²) in [4.78, 5) is 21.5. The molecule has 19 heavy (non-hydrogen) atoms. The highest BCUT2D eigenvalue weighted by Gasteiger charge is 2.12. The van der Waals surface area contributed by atoms with E-state index in [1.54, 1.807) is 11.3 Å². The number of fused-ring (bicyclic) bond motifs is 1. The second-order valence-corrected chi connectivity index (χ2v) is 6.59. The van der Waals surface area contributed by atoms with Crippen molar-refractivity contribution in [2.45, 2.75) is 47.2 Å². The van der Waals surface area contributed by atoms with Crippen LogP contribution >= 0.6 is 11.3 Å². The summed E-state index contributed by atoms with van der Waals surface area (Å²) in [7, 11) is 0. The quantitative estimate of drug-likeness (QED) is 0.904. The van der Waals surface area contributed by atoms with Gasteiger partial charge in [0.15, 0.2) is 0 Å². The summed E-state index contributed by atoms with van der Waals surface area (Å²) in [5.41, 5.74) is 1.02. The zero-order valence-electron chi connectivity index (χ0n) is 12.1. The number of rotatable bonds is 4. The van der Waals surface area contributed by atoms with Gasteiger partial charge in [0.1, 0.15) is 10.7 Å². The Morgan fingerprint density at radius 3 is 2.63 bits per heavy atom. The lowest BCUT2D eigenvalue weighted by molar-refractivity contribution is 0.421. The van der Waals surface area contributed by atoms with Crippen LogP contribution in [0.3, 0.4) is 0 Å². The van der Waals surface area contributed by atoms with Crippen LogP contribution in [-0.2, 0) is 6.54 Å². The van der Waals surface area contributed by atoms with Crippen molar-refractivity contribution in [3.05, 3.63) is 26.6 Å². The summed E-state index contributed by atoms with van der Waals surface area (Å²) >= 11 is 1.59. The Kier molecular flexibility index (Phi) is 4.06. The van der Waals surface area contributed by atoms with Crippen LogP contribution in [0, 0.1) is 19.8 Å². The van der Waals surface area contributed by atoms with Crippen LogP contribution in [0.1, 0.15) is 37.0 Å². The maximum Gasteiger partial charge on any atom is 0.259 e. The summed E-state index contributed by atoms with van der Waals surface area (Å²) in [6, 6.07) is 0.396. The van der Waals surface area contributed by atoms with Crippen molar-refractivity contribution < 1.29 is 0 Å². The number of H-pyrrole nitrogens is 1. The average Bonchev–Trinajstić information content (AvgIpc) is 2.62. The largest absolute Gasteiger partial charge is 0.309 e. The molecule has 2 N–H and O–H groups in total. The average molecular weight is 279 g/mol. The van der Waals surface area contributed by atoms with Crippen LogP contribution in [0.25, 0.3) is 10.2 Å². The smallest absolute Gasteiger partial charge is 0.259 e. The van der Waals surface area contributed by atoms with E-state index in [1.807, 2.05) is 13.8 Å². The van der Waals surface area contributed by atoms with Gasteiger partial charge in [-0.1, -0.05) is 13.8 Å². The van der Waals surface area contributed by atoms with Crippen LogP contribution in [0.4, 0.5) is 0 Å². The van der Waals surface area contributed by atoms with Crippen LogP contribution in [0.2, 0.25) is 0 Å². The number of nitrogens with zero attached hydrogens (tertiary/aromatic N) is 1. The third kappa shape index (κ3) is 2.87. The second kappa shape index (κ2) is 5.43. The molecule has 1 unspecified atom stereocenters. The molecule has 2 aromatic rings. The van der Waals surface area contributed by atoms with Crippen molar-refractivity contribution in [1.82, 2.24) is 15.3 Å². The number of aromatic nitrogens is 2. The first kappa shape index (κ1) is 14.2. The molecule has 0 aliphatic carbocycles. The molecule has 0 fully saturated rings. The number of hydrogen-bond acceptors (Lipinski definition) is 4. The van der Waals surface area contributed by atoms with Gasteiger partial charge in [-0.2, -0.15) is 0 Å². The number of aromatic amines is 1. The van der Waals surface area contributed by atoms with Crippen LogP contribution in [0.15, 0.2) is 4.79 Å². The van der Waals surface area contributed by atoms with Crippen LogP contribution < -0.4 is 10.9 Å². The van der Waals surface area contributed by atoms with Gasteiger partial charge in [-0.05, 0) is 32.3 Å². The van der Waals surface area contributed by atoms with Gasteiger partial charge >= 0.3 is 0 Å². The highest BCUT2D eigenvalue weighted by Crippen LogP contribution is 2.25. The van der Waals surface area contributed by atoms with Crippen LogP contribution in [0.5, 0.6) is 0 Å². The Balaban J connectivity index is 2.29.